The number of nitrogens with two attached hydrogens (primary N) is 1. The van der Waals surface area contributed by atoms with Crippen LogP contribution >= 0.6 is 0 Å². The largest absolute Gasteiger partial charge is 0.480 e. The third kappa shape index (κ3) is 2.44. The number of carboxylic acid groups (broad SMARTS) is 1. The van der Waals surface area contributed by atoms with Crippen LogP contribution in [0.5, 0.6) is 0 Å². The number of amides is 1. The summed E-state index contributed by atoms with van der Waals surface area (Å²) < 4.78 is 1.25. The number of aliphatic carboxylic acids is 1. The second-order valence-electron chi connectivity index (χ2n) is 4.26. The first-order valence-corrected chi connectivity index (χ1v) is 5.31. The molecule has 1 saturated carbocycles. The van der Waals surface area contributed by atoms with Crippen LogP contribution < -0.4 is 11.1 Å². The van der Waals surface area contributed by atoms with E-state index in [4.69, 9.17) is 10.8 Å². The Kier molecular flexibility index (Phi) is 2.84. The van der Waals surface area contributed by atoms with Gasteiger partial charge in [0.25, 0.3) is 0 Å². The van der Waals surface area contributed by atoms with Gasteiger partial charge in [-0.15, -0.1) is 0 Å². The molecule has 0 saturated heterocycles. The fourth-order valence-corrected chi connectivity index (χ4v) is 1.59. The zero-order chi connectivity index (χ0) is 12.5. The Morgan fingerprint density at radius 1 is 1.59 bits per heavy atom. The SMILES string of the molecule is NCC1(C(=O)Nc2cnn(CC(=O)O)c2)CC1. The highest BCUT2D eigenvalue weighted by atomic mass is 16.4. The van der Waals surface area contributed by atoms with Gasteiger partial charge >= 0.3 is 5.97 Å². The van der Waals surface area contributed by atoms with Gasteiger partial charge in [-0.25, -0.2) is 0 Å². The second-order valence-corrected chi connectivity index (χ2v) is 4.26. The topological polar surface area (TPSA) is 110 Å². The maximum absolute atomic E-state index is 11.8. The van der Waals surface area contributed by atoms with E-state index in [1.165, 1.54) is 17.1 Å². The number of nitrogens with one attached hydrogen (secondary N) is 1. The molecule has 0 aliphatic heterocycles. The van der Waals surface area contributed by atoms with Gasteiger partial charge in [-0.05, 0) is 12.8 Å². The van der Waals surface area contributed by atoms with Crippen molar-refractivity contribution in [2.24, 2.45) is 11.1 Å². The monoisotopic (exact) mass is 238 g/mol. The third-order valence-corrected chi connectivity index (χ3v) is 2.91. The Hall–Kier alpha value is -1.89. The Morgan fingerprint density at radius 3 is 2.82 bits per heavy atom. The molecule has 1 aromatic rings. The summed E-state index contributed by atoms with van der Waals surface area (Å²) in [6, 6.07) is 0. The van der Waals surface area contributed by atoms with E-state index in [0.717, 1.165) is 12.8 Å². The number of rotatable bonds is 5. The van der Waals surface area contributed by atoms with Crippen LogP contribution in [0.15, 0.2) is 12.4 Å². The van der Waals surface area contributed by atoms with E-state index in [1.807, 2.05) is 0 Å². The van der Waals surface area contributed by atoms with Crippen LogP contribution in [0.25, 0.3) is 0 Å². The molecule has 0 bridgehead atoms. The van der Waals surface area contributed by atoms with Crippen molar-refractivity contribution in [3.63, 3.8) is 0 Å². The van der Waals surface area contributed by atoms with Gasteiger partial charge in [0, 0.05) is 12.7 Å². The van der Waals surface area contributed by atoms with Crippen LogP contribution in [0.2, 0.25) is 0 Å². The normalized spacial score (nSPS) is 16.5. The number of nitrogens with zero attached hydrogens (tertiary/aromatic N) is 2. The fraction of sp³-hybridized carbons (Fsp3) is 0.500. The summed E-state index contributed by atoms with van der Waals surface area (Å²) in [6.07, 6.45) is 4.52. The summed E-state index contributed by atoms with van der Waals surface area (Å²) in [5.41, 5.74) is 5.61. The van der Waals surface area contributed by atoms with Crippen molar-refractivity contribution in [1.82, 2.24) is 9.78 Å². The molecule has 1 heterocycles. The zero-order valence-corrected chi connectivity index (χ0v) is 9.22. The molecule has 7 heteroatoms. The predicted molar refractivity (Wildman–Crippen MR) is 59.2 cm³/mol. The molecule has 92 valence electrons. The van der Waals surface area contributed by atoms with Gasteiger partial charge in [0.2, 0.25) is 5.91 Å². The summed E-state index contributed by atoms with van der Waals surface area (Å²) in [4.78, 5) is 22.3. The first kappa shape index (κ1) is 11.6. The highest BCUT2D eigenvalue weighted by molar-refractivity contribution is 5.97. The molecule has 1 amide bonds. The number of hydrogen-bond donors (Lipinski definition) is 3. The number of carbonyl (C=O) groups excluding carboxylic acids is 1. The minimum atomic E-state index is -0.980. The van der Waals surface area contributed by atoms with E-state index in [-0.39, 0.29) is 12.5 Å². The minimum absolute atomic E-state index is 0.116. The number of anilines is 1. The summed E-state index contributed by atoms with van der Waals surface area (Å²) in [7, 11) is 0. The zero-order valence-electron chi connectivity index (χ0n) is 9.22. The van der Waals surface area contributed by atoms with E-state index in [1.54, 1.807) is 0 Å². The van der Waals surface area contributed by atoms with Gasteiger partial charge < -0.3 is 16.2 Å². The smallest absolute Gasteiger partial charge is 0.325 e. The molecule has 2 rings (SSSR count). The lowest BCUT2D eigenvalue weighted by Gasteiger charge is -2.10. The van der Waals surface area contributed by atoms with Crippen molar-refractivity contribution >= 4 is 17.6 Å². The van der Waals surface area contributed by atoms with E-state index in [0.29, 0.717) is 12.2 Å². The second kappa shape index (κ2) is 4.17. The van der Waals surface area contributed by atoms with E-state index in [2.05, 4.69) is 10.4 Å². The van der Waals surface area contributed by atoms with Gasteiger partial charge in [0.15, 0.2) is 0 Å². The van der Waals surface area contributed by atoms with Crippen LogP contribution in [0.1, 0.15) is 12.8 Å². The molecule has 0 aromatic carbocycles. The first-order chi connectivity index (χ1) is 8.05. The van der Waals surface area contributed by atoms with Crippen LogP contribution in [0, 0.1) is 5.41 Å². The Bertz CT molecular complexity index is 450. The summed E-state index contributed by atoms with van der Waals surface area (Å²) in [5, 5.41) is 15.1. The molecule has 0 unspecified atom stereocenters. The van der Waals surface area contributed by atoms with Gasteiger partial charge in [-0.1, -0.05) is 0 Å². The number of aromatic nitrogens is 2. The Morgan fingerprint density at radius 2 is 2.29 bits per heavy atom. The molecule has 0 atom stereocenters. The molecule has 4 N–H and O–H groups in total. The van der Waals surface area contributed by atoms with Crippen molar-refractivity contribution in [3.05, 3.63) is 12.4 Å². The van der Waals surface area contributed by atoms with Crippen LogP contribution in [-0.2, 0) is 16.1 Å². The van der Waals surface area contributed by atoms with Crippen molar-refractivity contribution in [3.8, 4) is 0 Å². The summed E-state index contributed by atoms with van der Waals surface area (Å²) in [6.45, 7) is 0.111. The quantitative estimate of drug-likeness (QED) is 0.649. The Balaban J connectivity index is 1.97. The number of carboxylic acids is 1. The standard InChI is InChI=1S/C10H14N4O3/c11-6-10(1-2-10)9(17)13-7-3-12-14(4-7)5-8(15)16/h3-4H,1-2,5-6,11H2,(H,13,17)(H,15,16). The average molecular weight is 238 g/mol. The minimum Gasteiger partial charge on any atom is -0.480 e. The maximum Gasteiger partial charge on any atom is 0.325 e. The molecular weight excluding hydrogens is 224 g/mol. The first-order valence-electron chi connectivity index (χ1n) is 5.31. The molecule has 17 heavy (non-hydrogen) atoms. The van der Waals surface area contributed by atoms with Crippen molar-refractivity contribution in [2.75, 3.05) is 11.9 Å². The third-order valence-electron chi connectivity index (χ3n) is 2.91. The van der Waals surface area contributed by atoms with E-state index >= 15 is 0 Å². The molecule has 1 fully saturated rings. The molecule has 1 aliphatic carbocycles. The summed E-state index contributed by atoms with van der Waals surface area (Å²) in [5.74, 6) is -1.10. The molecule has 7 nitrogen and oxygen atoms in total. The molecule has 1 aromatic heterocycles. The fourth-order valence-electron chi connectivity index (χ4n) is 1.59. The lowest BCUT2D eigenvalue weighted by atomic mass is 10.1. The Labute approximate surface area is 97.6 Å². The lowest BCUT2D eigenvalue weighted by Crippen LogP contribution is -2.30. The van der Waals surface area contributed by atoms with Gasteiger partial charge in [0.1, 0.15) is 6.54 Å². The summed E-state index contributed by atoms with van der Waals surface area (Å²) >= 11 is 0. The maximum atomic E-state index is 11.8. The van der Waals surface area contributed by atoms with E-state index < -0.39 is 11.4 Å². The molecule has 1 aliphatic rings. The molecule has 0 spiro atoms. The molecule has 0 radical (unpaired) electrons. The van der Waals surface area contributed by atoms with Crippen molar-refractivity contribution < 1.29 is 14.7 Å². The highest BCUT2D eigenvalue weighted by Crippen LogP contribution is 2.45. The van der Waals surface area contributed by atoms with Gasteiger partial charge in [-0.3, -0.25) is 14.3 Å². The van der Waals surface area contributed by atoms with Crippen LogP contribution in [0.3, 0.4) is 0 Å². The van der Waals surface area contributed by atoms with Gasteiger partial charge in [-0.2, -0.15) is 5.10 Å². The van der Waals surface area contributed by atoms with E-state index in [9.17, 15) is 9.59 Å². The highest BCUT2D eigenvalue weighted by Gasteiger charge is 2.48. The predicted octanol–water partition coefficient (Wildman–Crippen LogP) is -0.355. The molecular formula is C10H14N4O3. The number of carbonyl (C=O) groups is 2. The number of hydrogen-bond acceptors (Lipinski definition) is 4. The van der Waals surface area contributed by atoms with Crippen molar-refractivity contribution in [2.45, 2.75) is 19.4 Å². The average Bonchev–Trinajstić information content (AvgIpc) is 2.96. The van der Waals surface area contributed by atoms with Crippen LogP contribution in [-0.4, -0.2) is 33.3 Å². The van der Waals surface area contributed by atoms with Crippen molar-refractivity contribution in [1.29, 1.82) is 0 Å². The lowest BCUT2D eigenvalue weighted by molar-refractivity contribution is -0.137. The van der Waals surface area contributed by atoms with Crippen LogP contribution in [0.4, 0.5) is 5.69 Å². The van der Waals surface area contributed by atoms with Gasteiger partial charge in [0.05, 0.1) is 17.3 Å².